The number of methoxy groups -OCH3 is 1. The van der Waals surface area contributed by atoms with Crippen LogP contribution in [0.2, 0.25) is 0 Å². The van der Waals surface area contributed by atoms with Crippen LogP contribution in [0.1, 0.15) is 25.8 Å². The van der Waals surface area contributed by atoms with Crippen molar-refractivity contribution < 1.29 is 75.9 Å². The van der Waals surface area contributed by atoms with Crippen LogP contribution < -0.4 is 56.5 Å². The van der Waals surface area contributed by atoms with Gasteiger partial charge in [-0.3, -0.25) is 4.79 Å². The maximum absolute atomic E-state index is 12.7. The van der Waals surface area contributed by atoms with Crippen molar-refractivity contribution in [3.05, 3.63) is 30.1 Å². The normalized spacial score (nSPS) is 26.5. The molecule has 28 heavy (non-hydrogen) atoms. The van der Waals surface area contributed by atoms with Gasteiger partial charge in [0.2, 0.25) is 5.91 Å². The van der Waals surface area contributed by atoms with E-state index in [1.165, 1.54) is 16.7 Å². The van der Waals surface area contributed by atoms with Gasteiger partial charge in [-0.1, -0.05) is 12.1 Å². The predicted octanol–water partition coefficient (Wildman–Crippen LogP) is -2.89. The molecule has 0 unspecified atom stereocenters. The van der Waals surface area contributed by atoms with Crippen LogP contribution in [0.15, 0.2) is 24.3 Å². The molecule has 144 valence electrons. The van der Waals surface area contributed by atoms with E-state index in [9.17, 15) is 19.8 Å². The number of hydrogen-bond acceptors (Lipinski definition) is 7. The SMILES string of the molecule is COCn1c([C@@H](O)[C@@H]2C(=O)N3[C@@H]2SC(C)(C)[C@@H]3C(=O)[O-])nc2ccccc21.[K+]. The van der Waals surface area contributed by atoms with Crippen LogP contribution in [-0.4, -0.2) is 54.7 Å². The van der Waals surface area contributed by atoms with E-state index in [1.54, 1.807) is 25.5 Å². The minimum absolute atomic E-state index is 0. The summed E-state index contributed by atoms with van der Waals surface area (Å²) in [7, 11) is 1.54. The number of para-hydroxylation sites is 2. The fraction of sp³-hybridized carbons (Fsp3) is 0.500. The molecule has 4 rings (SSSR count). The molecule has 4 atom stereocenters. The van der Waals surface area contributed by atoms with Crippen LogP contribution in [0.5, 0.6) is 0 Å². The Morgan fingerprint density at radius 2 is 2.11 bits per heavy atom. The summed E-state index contributed by atoms with van der Waals surface area (Å²) in [6.45, 7) is 3.73. The van der Waals surface area contributed by atoms with Gasteiger partial charge in [0.15, 0.2) is 0 Å². The standard InChI is InChI=1S/C18H21N3O5S.K/c1-18(2)13(17(24)25)21-15(23)11(16(21)27-18)12(22)14-19-9-6-4-5-7-10(9)20(14)8-26-3;/h4-7,11-13,16,22H,8H2,1-3H3,(H,24,25);/q;+1/p-1/t11-,12+,13+,16-;/m1./s1. The third kappa shape index (κ3) is 3.27. The number of β-lactam (4-membered cyclic amide) rings is 1. The van der Waals surface area contributed by atoms with Crippen LogP contribution in [0, 0.1) is 5.92 Å². The van der Waals surface area contributed by atoms with Gasteiger partial charge < -0.3 is 29.2 Å². The van der Waals surface area contributed by atoms with Gasteiger partial charge in [-0.05, 0) is 26.0 Å². The molecule has 2 aliphatic heterocycles. The summed E-state index contributed by atoms with van der Waals surface area (Å²) in [6, 6.07) is 6.39. The van der Waals surface area contributed by atoms with Gasteiger partial charge in [-0.2, -0.15) is 0 Å². The van der Waals surface area contributed by atoms with E-state index in [4.69, 9.17) is 4.74 Å². The summed E-state index contributed by atoms with van der Waals surface area (Å²) in [5, 5.41) is 22.1. The Morgan fingerprint density at radius 3 is 2.75 bits per heavy atom. The van der Waals surface area contributed by atoms with Gasteiger partial charge in [0.05, 0.1) is 28.4 Å². The zero-order chi connectivity index (χ0) is 19.5. The topological polar surface area (TPSA) is 108 Å². The number of carbonyl (C=O) groups is 2. The number of carbonyl (C=O) groups excluding carboxylic acids is 2. The Labute approximate surface area is 209 Å². The fourth-order valence-electron chi connectivity index (χ4n) is 4.06. The molecule has 0 saturated carbocycles. The van der Waals surface area contributed by atoms with E-state index < -0.39 is 40.1 Å². The molecule has 0 bridgehead atoms. The maximum atomic E-state index is 12.7. The molecule has 2 fully saturated rings. The number of ether oxygens (including phenoxy) is 1. The van der Waals surface area contributed by atoms with Crippen molar-refractivity contribution >= 4 is 34.7 Å². The van der Waals surface area contributed by atoms with Crippen LogP contribution in [0.25, 0.3) is 11.0 Å². The third-order valence-electron chi connectivity index (χ3n) is 5.25. The number of carboxylic acid groups (broad SMARTS) is 1. The molecular formula is C18H20KN3O5S. The number of amides is 1. The van der Waals surface area contributed by atoms with Gasteiger partial charge in [0, 0.05) is 11.9 Å². The van der Waals surface area contributed by atoms with Gasteiger partial charge in [-0.25, -0.2) is 4.98 Å². The van der Waals surface area contributed by atoms with Crippen molar-refractivity contribution in [2.75, 3.05) is 7.11 Å². The Morgan fingerprint density at radius 1 is 1.43 bits per heavy atom. The molecule has 1 amide bonds. The number of imidazole rings is 1. The number of aliphatic hydroxyl groups excluding tert-OH is 1. The number of hydrogen-bond donors (Lipinski definition) is 1. The number of nitrogens with zero attached hydrogens (tertiary/aromatic N) is 3. The minimum Gasteiger partial charge on any atom is -0.548 e. The number of carboxylic acids is 1. The summed E-state index contributed by atoms with van der Waals surface area (Å²) in [6.07, 6.45) is -1.16. The summed E-state index contributed by atoms with van der Waals surface area (Å²) >= 11 is 1.37. The van der Waals surface area contributed by atoms with Crippen LogP contribution in [-0.2, 0) is 21.1 Å². The number of aliphatic hydroxyl groups is 1. The summed E-state index contributed by atoms with van der Waals surface area (Å²) in [5.74, 6) is -2.09. The van der Waals surface area contributed by atoms with E-state index >= 15 is 0 Å². The predicted molar refractivity (Wildman–Crippen MR) is 96.3 cm³/mol. The molecule has 0 radical (unpaired) electrons. The smallest absolute Gasteiger partial charge is 0.548 e. The maximum Gasteiger partial charge on any atom is 1.00 e. The molecule has 0 spiro atoms. The van der Waals surface area contributed by atoms with E-state index in [1.807, 2.05) is 24.3 Å². The molecule has 1 aromatic heterocycles. The second-order valence-electron chi connectivity index (χ2n) is 7.35. The van der Waals surface area contributed by atoms with Crippen molar-refractivity contribution in [3.63, 3.8) is 0 Å². The van der Waals surface area contributed by atoms with E-state index in [2.05, 4.69) is 4.98 Å². The Hall–Kier alpha value is -0.464. The van der Waals surface area contributed by atoms with Crippen molar-refractivity contribution in [2.45, 2.75) is 42.8 Å². The van der Waals surface area contributed by atoms with Crippen molar-refractivity contribution in [1.82, 2.24) is 14.5 Å². The molecule has 2 saturated heterocycles. The zero-order valence-corrected chi connectivity index (χ0v) is 20.1. The largest absolute Gasteiger partial charge is 1.00 e. The first-order valence-corrected chi connectivity index (χ1v) is 9.49. The second-order valence-corrected chi connectivity index (χ2v) is 9.12. The Kier molecular flexibility index (Phi) is 6.34. The van der Waals surface area contributed by atoms with Crippen LogP contribution >= 0.6 is 11.8 Å². The average molecular weight is 430 g/mol. The van der Waals surface area contributed by atoms with E-state index in [0.717, 1.165) is 5.52 Å². The number of fused-ring (bicyclic) bond motifs is 2. The number of aliphatic carboxylic acids is 1. The molecule has 10 heteroatoms. The van der Waals surface area contributed by atoms with Gasteiger partial charge >= 0.3 is 51.4 Å². The second kappa shape index (κ2) is 7.99. The monoisotopic (exact) mass is 429 g/mol. The first kappa shape index (κ1) is 22.2. The van der Waals surface area contributed by atoms with Crippen molar-refractivity contribution in [2.24, 2.45) is 5.92 Å². The minimum atomic E-state index is -1.28. The first-order valence-electron chi connectivity index (χ1n) is 8.61. The average Bonchev–Trinajstić information content (AvgIpc) is 3.08. The van der Waals surface area contributed by atoms with Gasteiger partial charge in [0.25, 0.3) is 0 Å². The summed E-state index contributed by atoms with van der Waals surface area (Å²) < 4.78 is 6.28. The molecule has 1 aromatic carbocycles. The Balaban J connectivity index is 0.00000225. The molecule has 8 nitrogen and oxygen atoms in total. The van der Waals surface area contributed by atoms with Crippen LogP contribution in [0.4, 0.5) is 0 Å². The number of benzene rings is 1. The number of rotatable bonds is 5. The molecule has 1 N–H and O–H groups in total. The fourth-order valence-corrected chi connectivity index (χ4v) is 5.77. The molecule has 0 aliphatic carbocycles. The van der Waals surface area contributed by atoms with Gasteiger partial charge in [-0.15, -0.1) is 11.8 Å². The molecule has 2 aromatic rings. The summed E-state index contributed by atoms with van der Waals surface area (Å²) in [5.41, 5.74) is 1.49. The molecular weight excluding hydrogens is 409 g/mol. The molecule has 3 heterocycles. The van der Waals surface area contributed by atoms with E-state index in [0.29, 0.717) is 11.3 Å². The molecule has 2 aliphatic rings. The third-order valence-corrected chi connectivity index (χ3v) is 6.84. The van der Waals surface area contributed by atoms with E-state index in [-0.39, 0.29) is 58.1 Å². The van der Waals surface area contributed by atoms with Crippen molar-refractivity contribution in [1.29, 1.82) is 0 Å². The van der Waals surface area contributed by atoms with Gasteiger partial charge in [0.1, 0.15) is 24.6 Å². The summed E-state index contributed by atoms with van der Waals surface area (Å²) in [4.78, 5) is 30.1. The first-order chi connectivity index (χ1) is 12.8. The Bertz CT molecular complexity index is 933. The zero-order valence-electron chi connectivity index (χ0n) is 16.2. The van der Waals surface area contributed by atoms with Crippen LogP contribution in [0.3, 0.4) is 0 Å². The van der Waals surface area contributed by atoms with Crippen molar-refractivity contribution in [3.8, 4) is 0 Å². The number of thioether (sulfide) groups is 1. The number of aromatic nitrogens is 2. The quantitative estimate of drug-likeness (QED) is 0.401.